The lowest BCUT2D eigenvalue weighted by molar-refractivity contribution is -0.172. The summed E-state index contributed by atoms with van der Waals surface area (Å²) in [6, 6.07) is 0. The van der Waals surface area contributed by atoms with E-state index in [0.717, 1.165) is 30.1 Å². The highest BCUT2D eigenvalue weighted by molar-refractivity contribution is 5.75. The fourth-order valence-electron chi connectivity index (χ4n) is 5.06. The van der Waals surface area contributed by atoms with E-state index in [-0.39, 0.29) is 16.8 Å². The van der Waals surface area contributed by atoms with Crippen molar-refractivity contribution in [1.82, 2.24) is 0 Å². The Kier molecular flexibility index (Phi) is 3.42. The van der Waals surface area contributed by atoms with Gasteiger partial charge in [-0.1, -0.05) is 13.8 Å². The van der Waals surface area contributed by atoms with Crippen LogP contribution in [0.15, 0.2) is 0 Å². The van der Waals surface area contributed by atoms with E-state index in [1.54, 1.807) is 0 Å². The second kappa shape index (κ2) is 4.74. The van der Waals surface area contributed by atoms with Crippen LogP contribution in [0.25, 0.3) is 0 Å². The number of hydrogen-bond acceptors (Lipinski definition) is 2. The summed E-state index contributed by atoms with van der Waals surface area (Å²) in [5, 5.41) is 0. The second-order valence-corrected chi connectivity index (χ2v) is 8.62. The van der Waals surface area contributed by atoms with Crippen LogP contribution in [-0.4, -0.2) is 12.6 Å². The molecule has 0 aromatic rings. The lowest BCUT2D eigenvalue weighted by atomic mass is 9.46. The van der Waals surface area contributed by atoms with E-state index in [9.17, 15) is 4.79 Å². The molecule has 4 bridgehead atoms. The lowest BCUT2D eigenvalue weighted by Crippen LogP contribution is -2.53. The first-order chi connectivity index (χ1) is 9.35. The first kappa shape index (κ1) is 14.4. The van der Waals surface area contributed by atoms with Crippen molar-refractivity contribution >= 4 is 5.97 Å². The number of hydrogen-bond donors (Lipinski definition) is 0. The molecule has 0 amide bonds. The fourth-order valence-corrected chi connectivity index (χ4v) is 5.06. The van der Waals surface area contributed by atoms with E-state index in [1.807, 2.05) is 13.8 Å². The van der Waals surface area contributed by atoms with Gasteiger partial charge in [-0.3, -0.25) is 4.79 Å². The Hall–Kier alpha value is -0.530. The van der Waals surface area contributed by atoms with Crippen LogP contribution < -0.4 is 0 Å². The molecule has 0 atom stereocenters. The molecule has 4 fully saturated rings. The Morgan fingerprint density at radius 3 is 2.05 bits per heavy atom. The van der Waals surface area contributed by atoms with E-state index in [1.165, 1.54) is 32.1 Å². The lowest BCUT2D eigenvalue weighted by Gasteiger charge is -2.59. The molecule has 0 unspecified atom stereocenters. The highest BCUT2D eigenvalue weighted by Gasteiger charge is 2.55. The molecule has 0 radical (unpaired) electrons. The number of carbonyl (C=O) groups excluding carboxylic acids is 1. The van der Waals surface area contributed by atoms with E-state index >= 15 is 0 Å². The summed E-state index contributed by atoms with van der Waals surface area (Å²) in [5.74, 6) is 3.56. The third kappa shape index (κ3) is 2.19. The molecule has 2 nitrogen and oxygen atoms in total. The van der Waals surface area contributed by atoms with Gasteiger partial charge in [0, 0.05) is 5.41 Å². The Labute approximate surface area is 123 Å². The number of carbonyl (C=O) groups is 1. The minimum Gasteiger partial charge on any atom is -0.465 e. The summed E-state index contributed by atoms with van der Waals surface area (Å²) in [5.41, 5.74) is -0.0742. The Morgan fingerprint density at radius 1 is 1.10 bits per heavy atom. The third-order valence-electron chi connectivity index (χ3n) is 6.95. The average Bonchev–Trinajstić information content (AvgIpc) is 2.41. The molecule has 20 heavy (non-hydrogen) atoms. The van der Waals surface area contributed by atoms with Gasteiger partial charge in [-0.2, -0.15) is 0 Å². The molecule has 4 aliphatic carbocycles. The maximum absolute atomic E-state index is 12.3. The van der Waals surface area contributed by atoms with Gasteiger partial charge in [0.05, 0.1) is 12.0 Å². The molecule has 0 aromatic carbocycles. The zero-order valence-electron chi connectivity index (χ0n) is 13.6. The van der Waals surface area contributed by atoms with Crippen molar-refractivity contribution in [2.45, 2.75) is 66.2 Å². The van der Waals surface area contributed by atoms with E-state index in [4.69, 9.17) is 4.74 Å². The average molecular weight is 278 g/mol. The maximum Gasteiger partial charge on any atom is 0.311 e. The molecule has 0 N–H and O–H groups in total. The van der Waals surface area contributed by atoms with Crippen molar-refractivity contribution < 1.29 is 9.53 Å². The fraction of sp³-hybridized carbons (Fsp3) is 0.944. The highest BCUT2D eigenvalue weighted by Crippen LogP contribution is 2.62. The number of rotatable bonds is 4. The highest BCUT2D eigenvalue weighted by atomic mass is 16.5. The molecule has 114 valence electrons. The zero-order chi connectivity index (χ0) is 14.5. The Bertz CT molecular complexity index is 368. The van der Waals surface area contributed by atoms with Gasteiger partial charge in [-0.25, -0.2) is 0 Å². The number of ether oxygens (including phenoxy) is 1. The summed E-state index contributed by atoms with van der Waals surface area (Å²) < 4.78 is 5.79. The van der Waals surface area contributed by atoms with Crippen LogP contribution in [0.5, 0.6) is 0 Å². The summed E-state index contributed by atoms with van der Waals surface area (Å²) in [4.78, 5) is 12.3. The van der Waals surface area contributed by atoms with Crippen molar-refractivity contribution in [2.24, 2.45) is 34.5 Å². The predicted molar refractivity (Wildman–Crippen MR) is 80.2 cm³/mol. The topological polar surface area (TPSA) is 26.3 Å². The van der Waals surface area contributed by atoms with Crippen molar-refractivity contribution in [2.75, 3.05) is 6.61 Å². The molecule has 0 aliphatic heterocycles. The first-order valence-corrected chi connectivity index (χ1v) is 8.52. The summed E-state index contributed by atoms with van der Waals surface area (Å²) in [6.45, 7) is 9.10. The van der Waals surface area contributed by atoms with Crippen LogP contribution in [0.3, 0.4) is 0 Å². The number of esters is 1. The van der Waals surface area contributed by atoms with Crippen LogP contribution >= 0.6 is 0 Å². The van der Waals surface area contributed by atoms with E-state index < -0.39 is 0 Å². The van der Waals surface area contributed by atoms with Crippen molar-refractivity contribution in [3.8, 4) is 0 Å². The van der Waals surface area contributed by atoms with Crippen LogP contribution in [0, 0.1) is 34.5 Å². The molecular weight excluding hydrogens is 248 g/mol. The quantitative estimate of drug-likeness (QED) is 0.711. The van der Waals surface area contributed by atoms with Crippen LogP contribution in [0.4, 0.5) is 0 Å². The maximum atomic E-state index is 12.3. The van der Waals surface area contributed by atoms with Gasteiger partial charge in [0.1, 0.15) is 0 Å². The van der Waals surface area contributed by atoms with Gasteiger partial charge < -0.3 is 4.74 Å². The molecular formula is C18H30O2. The smallest absolute Gasteiger partial charge is 0.311 e. The zero-order valence-corrected chi connectivity index (χ0v) is 13.6. The normalized spacial score (nSPS) is 42.8. The molecule has 0 saturated heterocycles. The molecule has 0 aromatic heterocycles. The van der Waals surface area contributed by atoms with E-state index in [2.05, 4.69) is 13.8 Å². The van der Waals surface area contributed by atoms with E-state index in [0.29, 0.717) is 6.61 Å². The molecule has 4 saturated carbocycles. The second-order valence-electron chi connectivity index (χ2n) is 8.62. The predicted octanol–water partition coefficient (Wildman–Crippen LogP) is 4.43. The third-order valence-corrected chi connectivity index (χ3v) is 6.95. The minimum absolute atomic E-state index is 0.00460. The van der Waals surface area contributed by atoms with Gasteiger partial charge in [0.25, 0.3) is 0 Å². The Balaban J connectivity index is 1.66. The summed E-state index contributed by atoms with van der Waals surface area (Å²) in [6.07, 6.45) is 7.87. The van der Waals surface area contributed by atoms with Crippen molar-refractivity contribution in [1.29, 1.82) is 0 Å². The van der Waals surface area contributed by atoms with Gasteiger partial charge >= 0.3 is 5.97 Å². The van der Waals surface area contributed by atoms with Crippen molar-refractivity contribution in [3.63, 3.8) is 0 Å². The Morgan fingerprint density at radius 2 is 1.60 bits per heavy atom. The molecule has 0 spiro atoms. The molecule has 4 rings (SSSR count). The first-order valence-electron chi connectivity index (χ1n) is 8.52. The van der Waals surface area contributed by atoms with Gasteiger partial charge in [0.15, 0.2) is 0 Å². The SMILES string of the molecule is CCC(C)(C)C(=O)OCC1(C)C2CC3CC(C2)CC1C3. The minimum atomic E-state index is -0.331. The van der Waals surface area contributed by atoms with Crippen molar-refractivity contribution in [3.05, 3.63) is 0 Å². The molecule has 0 heterocycles. The summed E-state index contributed by atoms with van der Waals surface area (Å²) in [7, 11) is 0. The van der Waals surface area contributed by atoms with Crippen LogP contribution in [-0.2, 0) is 9.53 Å². The largest absolute Gasteiger partial charge is 0.465 e. The molecule has 4 aliphatic rings. The van der Waals surface area contributed by atoms with Gasteiger partial charge in [-0.15, -0.1) is 0 Å². The van der Waals surface area contributed by atoms with Crippen LogP contribution in [0.2, 0.25) is 0 Å². The standard InChI is InChI=1S/C18H30O2/c1-5-17(2,3)16(19)20-11-18(4)14-7-12-6-13(9-14)10-15(18)8-12/h12-15H,5-11H2,1-4H3. The van der Waals surface area contributed by atoms with Crippen LogP contribution in [0.1, 0.15) is 66.2 Å². The molecule has 2 heteroatoms. The monoisotopic (exact) mass is 278 g/mol. The van der Waals surface area contributed by atoms with Gasteiger partial charge in [-0.05, 0) is 76.0 Å². The van der Waals surface area contributed by atoms with Gasteiger partial charge in [0.2, 0.25) is 0 Å². The summed E-state index contributed by atoms with van der Waals surface area (Å²) >= 11 is 0.